The molecule has 0 aromatic heterocycles. The van der Waals surface area contributed by atoms with Gasteiger partial charge in [-0.2, -0.15) is 0 Å². The molecule has 0 aliphatic heterocycles. The highest BCUT2D eigenvalue weighted by Gasteiger charge is 2.39. The van der Waals surface area contributed by atoms with Gasteiger partial charge in [0.05, 0.1) is 0 Å². The van der Waals surface area contributed by atoms with Crippen LogP contribution in [0.1, 0.15) is 47.1 Å². The Morgan fingerprint density at radius 2 is 1.39 bits per heavy atom. The molecular formula is C16H28OSi. The lowest BCUT2D eigenvalue weighted by Gasteiger charge is -2.38. The van der Waals surface area contributed by atoms with Gasteiger partial charge in [0.25, 0.3) is 0 Å². The predicted octanol–water partition coefficient (Wildman–Crippen LogP) is 5.37. The molecule has 0 spiro atoms. The molecule has 0 aliphatic rings. The van der Waals surface area contributed by atoms with Gasteiger partial charge in [-0.1, -0.05) is 59.7 Å². The lowest BCUT2D eigenvalue weighted by Crippen LogP contribution is -2.44. The van der Waals surface area contributed by atoms with Gasteiger partial charge in [-0.05, 0) is 35.2 Å². The third-order valence-electron chi connectivity index (χ3n) is 3.87. The molecule has 0 amide bonds. The molecular weight excluding hydrogens is 236 g/mol. The topological polar surface area (TPSA) is 9.23 Å². The molecule has 0 unspecified atom stereocenters. The van der Waals surface area contributed by atoms with E-state index in [1.165, 1.54) is 5.56 Å². The molecule has 0 heterocycles. The third kappa shape index (κ3) is 3.38. The molecule has 1 rings (SSSR count). The Labute approximate surface area is 114 Å². The van der Waals surface area contributed by atoms with Crippen LogP contribution in [0.3, 0.4) is 0 Å². The van der Waals surface area contributed by atoms with Gasteiger partial charge in [0.2, 0.25) is 8.32 Å². The molecule has 0 radical (unpaired) electrons. The maximum Gasteiger partial charge on any atom is 0.250 e. The zero-order chi connectivity index (χ0) is 14.2. The molecule has 0 aliphatic carbocycles. The number of hydrogen-bond donors (Lipinski definition) is 0. The van der Waals surface area contributed by atoms with Crippen LogP contribution in [0, 0.1) is 0 Å². The molecule has 18 heavy (non-hydrogen) atoms. The van der Waals surface area contributed by atoms with E-state index >= 15 is 0 Å². The Morgan fingerprint density at radius 1 is 0.889 bits per heavy atom. The van der Waals surface area contributed by atoms with Crippen molar-refractivity contribution >= 4 is 8.32 Å². The molecule has 0 bridgehead atoms. The van der Waals surface area contributed by atoms with Gasteiger partial charge >= 0.3 is 0 Å². The Bertz CT molecular complexity index is 408. The second-order valence-electron chi connectivity index (χ2n) is 7.61. The molecule has 0 N–H and O–H groups in total. The zero-order valence-corrected chi connectivity index (χ0v) is 14.2. The van der Waals surface area contributed by atoms with Crippen molar-refractivity contribution in [3.63, 3.8) is 0 Å². The van der Waals surface area contributed by atoms with E-state index in [0.717, 1.165) is 5.75 Å². The Kier molecular flexibility index (Phi) is 4.02. The summed E-state index contributed by atoms with van der Waals surface area (Å²) in [6.07, 6.45) is 0. The fourth-order valence-corrected chi connectivity index (χ4v) is 2.64. The molecule has 0 atom stereocenters. The molecule has 0 fully saturated rings. The second-order valence-corrected chi connectivity index (χ2v) is 12.3. The van der Waals surface area contributed by atoms with Crippen molar-refractivity contribution < 1.29 is 4.43 Å². The van der Waals surface area contributed by atoms with Gasteiger partial charge in [0.1, 0.15) is 5.75 Å². The maximum atomic E-state index is 6.46. The molecule has 0 saturated heterocycles. The summed E-state index contributed by atoms with van der Waals surface area (Å²) in [6, 6.07) is 8.46. The minimum absolute atomic E-state index is 0.124. The van der Waals surface area contributed by atoms with Crippen molar-refractivity contribution in [3.8, 4) is 5.75 Å². The van der Waals surface area contributed by atoms with E-state index in [9.17, 15) is 0 Å². The van der Waals surface area contributed by atoms with Gasteiger partial charge in [0, 0.05) is 0 Å². The Balaban J connectivity index is 3.14. The first-order chi connectivity index (χ1) is 7.95. The SMILES string of the molecule is CC(C)(C)c1ccccc1O[Si](C)(C)C(C)(C)C. The van der Waals surface area contributed by atoms with E-state index in [0.29, 0.717) is 0 Å². The average molecular weight is 264 g/mol. The van der Waals surface area contributed by atoms with Crippen molar-refractivity contribution in [3.05, 3.63) is 29.8 Å². The smallest absolute Gasteiger partial charge is 0.250 e. The van der Waals surface area contributed by atoms with E-state index in [1.807, 2.05) is 0 Å². The first-order valence-corrected chi connectivity index (χ1v) is 9.64. The summed E-state index contributed by atoms with van der Waals surface area (Å²) in [5.41, 5.74) is 1.42. The number of rotatable bonds is 2. The summed E-state index contributed by atoms with van der Waals surface area (Å²) >= 11 is 0. The normalized spacial score (nSPS) is 13.6. The van der Waals surface area contributed by atoms with Crippen LogP contribution < -0.4 is 4.43 Å². The highest BCUT2D eigenvalue weighted by atomic mass is 28.4. The highest BCUT2D eigenvalue weighted by molar-refractivity contribution is 6.74. The van der Waals surface area contributed by atoms with E-state index in [2.05, 4.69) is 78.9 Å². The third-order valence-corrected chi connectivity index (χ3v) is 8.21. The second kappa shape index (κ2) is 4.73. The molecule has 1 nitrogen and oxygen atoms in total. The van der Waals surface area contributed by atoms with Crippen molar-refractivity contribution in [2.75, 3.05) is 0 Å². The van der Waals surface area contributed by atoms with E-state index in [4.69, 9.17) is 4.43 Å². The highest BCUT2D eigenvalue weighted by Crippen LogP contribution is 2.40. The Hall–Kier alpha value is -0.763. The van der Waals surface area contributed by atoms with Gasteiger partial charge in [-0.25, -0.2) is 0 Å². The molecule has 2 heteroatoms. The van der Waals surface area contributed by atoms with Crippen LogP contribution in [0.25, 0.3) is 0 Å². The number of para-hydroxylation sites is 1. The quantitative estimate of drug-likeness (QED) is 0.653. The minimum atomic E-state index is -1.76. The maximum absolute atomic E-state index is 6.46. The van der Waals surface area contributed by atoms with Gasteiger partial charge in [-0.15, -0.1) is 0 Å². The molecule has 0 saturated carbocycles. The van der Waals surface area contributed by atoms with Crippen LogP contribution >= 0.6 is 0 Å². The number of hydrogen-bond acceptors (Lipinski definition) is 1. The summed E-state index contributed by atoms with van der Waals surface area (Å²) in [5.74, 6) is 1.07. The van der Waals surface area contributed by atoms with Crippen LogP contribution in [0.4, 0.5) is 0 Å². The first-order valence-electron chi connectivity index (χ1n) is 6.74. The lowest BCUT2D eigenvalue weighted by molar-refractivity contribution is 0.468. The summed E-state index contributed by atoms with van der Waals surface area (Å²) in [7, 11) is -1.76. The van der Waals surface area contributed by atoms with Crippen molar-refractivity contribution in [2.24, 2.45) is 0 Å². The predicted molar refractivity (Wildman–Crippen MR) is 83.0 cm³/mol. The summed E-state index contributed by atoms with van der Waals surface area (Å²) in [6.45, 7) is 18.1. The van der Waals surface area contributed by atoms with Gasteiger partial charge in [-0.3, -0.25) is 0 Å². The summed E-state index contributed by atoms with van der Waals surface area (Å²) in [4.78, 5) is 0. The number of benzene rings is 1. The standard InChI is InChI=1S/C16H28OSi/c1-15(2,3)13-11-9-10-12-14(13)17-18(7,8)16(4,5)6/h9-12H,1-8H3. The van der Waals surface area contributed by atoms with Crippen LogP contribution in [0.2, 0.25) is 18.1 Å². The van der Waals surface area contributed by atoms with Crippen LogP contribution in [0.5, 0.6) is 5.75 Å². The Morgan fingerprint density at radius 3 is 1.83 bits per heavy atom. The lowest BCUT2D eigenvalue weighted by atomic mass is 9.86. The zero-order valence-electron chi connectivity index (χ0n) is 13.2. The molecule has 102 valence electrons. The van der Waals surface area contributed by atoms with E-state index in [1.54, 1.807) is 0 Å². The van der Waals surface area contributed by atoms with E-state index < -0.39 is 8.32 Å². The summed E-state index contributed by atoms with van der Waals surface area (Å²) in [5, 5.41) is 0.234. The molecule has 1 aromatic carbocycles. The van der Waals surface area contributed by atoms with Crippen molar-refractivity contribution in [2.45, 2.75) is 65.1 Å². The monoisotopic (exact) mass is 264 g/mol. The summed E-state index contributed by atoms with van der Waals surface area (Å²) < 4.78 is 6.46. The van der Waals surface area contributed by atoms with E-state index in [-0.39, 0.29) is 10.5 Å². The minimum Gasteiger partial charge on any atom is -0.543 e. The average Bonchev–Trinajstić information content (AvgIpc) is 2.14. The van der Waals surface area contributed by atoms with Gasteiger partial charge < -0.3 is 4.43 Å². The molecule has 1 aromatic rings. The fraction of sp³-hybridized carbons (Fsp3) is 0.625. The van der Waals surface area contributed by atoms with Gasteiger partial charge in [0.15, 0.2) is 0 Å². The van der Waals surface area contributed by atoms with Crippen LogP contribution in [-0.2, 0) is 5.41 Å². The largest absolute Gasteiger partial charge is 0.543 e. The fourth-order valence-electron chi connectivity index (χ4n) is 1.60. The van der Waals surface area contributed by atoms with Crippen LogP contribution in [-0.4, -0.2) is 8.32 Å². The van der Waals surface area contributed by atoms with Crippen LogP contribution in [0.15, 0.2) is 24.3 Å². The van der Waals surface area contributed by atoms with Crippen molar-refractivity contribution in [1.29, 1.82) is 0 Å². The van der Waals surface area contributed by atoms with Crippen molar-refractivity contribution in [1.82, 2.24) is 0 Å². The first kappa shape index (κ1) is 15.3.